The Bertz CT molecular complexity index is 380. The molecule has 0 bridgehead atoms. The van der Waals surface area contributed by atoms with E-state index in [9.17, 15) is 4.79 Å². The van der Waals surface area contributed by atoms with Crippen molar-refractivity contribution in [2.45, 2.75) is 13.3 Å². The summed E-state index contributed by atoms with van der Waals surface area (Å²) in [6, 6.07) is 4.95. The molecule has 0 saturated carbocycles. The molecule has 1 radical (unpaired) electrons. The van der Waals surface area contributed by atoms with Crippen molar-refractivity contribution in [3.05, 3.63) is 23.9 Å². The SMILES string of the molecule is CCc1[c-]cc(N2CCN(C)CC2=O)nc1.[Y]. The molecule has 1 fully saturated rings. The summed E-state index contributed by atoms with van der Waals surface area (Å²) in [5.41, 5.74) is 1.07. The minimum absolute atomic E-state index is 0. The number of carbonyl (C=O) groups excluding carboxylic acids is 1. The Balaban J connectivity index is 0.00000144. The van der Waals surface area contributed by atoms with Gasteiger partial charge in [-0.1, -0.05) is 19.5 Å². The molecule has 1 aliphatic rings. The number of amides is 1. The first-order valence-electron chi connectivity index (χ1n) is 5.56. The van der Waals surface area contributed by atoms with E-state index in [1.807, 2.05) is 18.0 Å². The zero-order valence-corrected chi connectivity index (χ0v) is 13.1. The molecule has 4 nitrogen and oxygen atoms in total. The number of hydrogen-bond acceptors (Lipinski definition) is 3. The summed E-state index contributed by atoms with van der Waals surface area (Å²) in [4.78, 5) is 19.8. The quantitative estimate of drug-likeness (QED) is 0.756. The third-order valence-electron chi connectivity index (χ3n) is 2.81. The standard InChI is InChI=1S/C12H16N3O.Y/c1-3-10-4-5-11(13-8-10)15-7-6-14(2)9-12(15)16;/h5,8H,3,6-7,9H2,1-2H3;/q-1;. The summed E-state index contributed by atoms with van der Waals surface area (Å²) in [5.74, 6) is 0.828. The first-order valence-corrected chi connectivity index (χ1v) is 5.56. The Labute approximate surface area is 127 Å². The van der Waals surface area contributed by atoms with E-state index in [0.29, 0.717) is 13.1 Å². The van der Waals surface area contributed by atoms with Gasteiger partial charge in [-0.15, -0.1) is 11.6 Å². The van der Waals surface area contributed by atoms with Gasteiger partial charge in [-0.2, -0.15) is 6.07 Å². The third-order valence-corrected chi connectivity index (χ3v) is 2.81. The molecule has 2 heterocycles. The van der Waals surface area contributed by atoms with Crippen LogP contribution in [0.5, 0.6) is 0 Å². The Morgan fingerprint density at radius 3 is 2.76 bits per heavy atom. The topological polar surface area (TPSA) is 36.4 Å². The van der Waals surface area contributed by atoms with E-state index in [0.717, 1.165) is 24.3 Å². The molecule has 89 valence electrons. The van der Waals surface area contributed by atoms with Crippen molar-refractivity contribution in [2.24, 2.45) is 0 Å². The summed E-state index contributed by atoms with van der Waals surface area (Å²) in [5, 5.41) is 0. The van der Waals surface area contributed by atoms with Crippen LogP contribution in [-0.2, 0) is 43.9 Å². The van der Waals surface area contributed by atoms with E-state index in [1.165, 1.54) is 0 Å². The number of carbonyl (C=O) groups is 1. The van der Waals surface area contributed by atoms with E-state index in [4.69, 9.17) is 0 Å². The van der Waals surface area contributed by atoms with Gasteiger partial charge < -0.3 is 9.88 Å². The van der Waals surface area contributed by atoms with E-state index < -0.39 is 0 Å². The maximum absolute atomic E-state index is 11.8. The van der Waals surface area contributed by atoms with Gasteiger partial charge in [0.15, 0.2) is 0 Å². The average molecular weight is 307 g/mol. The van der Waals surface area contributed by atoms with Gasteiger partial charge in [-0.3, -0.25) is 9.69 Å². The smallest absolute Gasteiger partial charge is 0.231 e. The number of piperazine rings is 1. The summed E-state index contributed by atoms with van der Waals surface area (Å²) < 4.78 is 0. The molecular weight excluding hydrogens is 291 g/mol. The second-order valence-corrected chi connectivity index (χ2v) is 4.07. The van der Waals surface area contributed by atoms with Crippen LogP contribution in [0.2, 0.25) is 0 Å². The number of rotatable bonds is 2. The van der Waals surface area contributed by atoms with Gasteiger partial charge in [0.25, 0.3) is 0 Å². The Hall–Kier alpha value is -0.316. The van der Waals surface area contributed by atoms with Gasteiger partial charge in [0, 0.05) is 51.6 Å². The minimum Gasteiger partial charge on any atom is -0.367 e. The van der Waals surface area contributed by atoms with Crippen molar-refractivity contribution in [1.82, 2.24) is 9.88 Å². The van der Waals surface area contributed by atoms with Gasteiger partial charge in [-0.05, 0) is 7.05 Å². The molecule has 0 atom stereocenters. The zero-order chi connectivity index (χ0) is 11.5. The van der Waals surface area contributed by atoms with Crippen molar-refractivity contribution in [3.63, 3.8) is 0 Å². The van der Waals surface area contributed by atoms with Crippen LogP contribution in [0.4, 0.5) is 5.82 Å². The normalized spacial score (nSPS) is 16.8. The van der Waals surface area contributed by atoms with E-state index in [2.05, 4.69) is 18.0 Å². The van der Waals surface area contributed by atoms with E-state index in [1.54, 1.807) is 11.1 Å². The number of aryl methyl sites for hydroxylation is 1. The predicted molar refractivity (Wildman–Crippen MR) is 62.3 cm³/mol. The van der Waals surface area contributed by atoms with Crippen molar-refractivity contribution in [2.75, 3.05) is 31.6 Å². The summed E-state index contributed by atoms with van der Waals surface area (Å²) in [6.45, 7) is 4.13. The molecule has 1 aliphatic heterocycles. The zero-order valence-electron chi connectivity index (χ0n) is 10.3. The molecule has 0 aliphatic carbocycles. The fraction of sp³-hybridized carbons (Fsp3) is 0.500. The third kappa shape index (κ3) is 3.57. The largest absolute Gasteiger partial charge is 0.367 e. The van der Waals surface area contributed by atoms with Crippen LogP contribution < -0.4 is 4.90 Å². The van der Waals surface area contributed by atoms with E-state index in [-0.39, 0.29) is 38.6 Å². The van der Waals surface area contributed by atoms with Crippen LogP contribution in [0.1, 0.15) is 12.5 Å². The minimum atomic E-state index is 0. The molecule has 1 aromatic heterocycles. The molecule has 0 aromatic carbocycles. The molecule has 5 heteroatoms. The second kappa shape index (κ2) is 6.57. The Kier molecular flexibility index (Phi) is 5.70. The van der Waals surface area contributed by atoms with Crippen LogP contribution in [0.15, 0.2) is 12.3 Å². The molecule has 0 N–H and O–H groups in total. The van der Waals surface area contributed by atoms with Gasteiger partial charge in [0.05, 0.1) is 6.54 Å². The van der Waals surface area contributed by atoms with Crippen LogP contribution >= 0.6 is 0 Å². The number of anilines is 1. The fourth-order valence-electron chi connectivity index (χ4n) is 1.75. The van der Waals surface area contributed by atoms with Crippen molar-refractivity contribution in [1.29, 1.82) is 0 Å². The van der Waals surface area contributed by atoms with Crippen LogP contribution in [0, 0.1) is 6.07 Å². The summed E-state index contributed by atoms with van der Waals surface area (Å²) >= 11 is 0. The van der Waals surface area contributed by atoms with Crippen LogP contribution in [0.3, 0.4) is 0 Å². The second-order valence-electron chi connectivity index (χ2n) is 4.07. The van der Waals surface area contributed by atoms with Gasteiger partial charge >= 0.3 is 0 Å². The molecule has 1 amide bonds. The van der Waals surface area contributed by atoms with Gasteiger partial charge in [-0.25, -0.2) is 0 Å². The molecule has 1 aromatic rings. The van der Waals surface area contributed by atoms with Gasteiger partial charge in [0.1, 0.15) is 0 Å². The molecule has 0 unspecified atom stereocenters. The average Bonchev–Trinajstić information content (AvgIpc) is 2.29. The molecule has 2 rings (SSSR count). The van der Waals surface area contributed by atoms with Crippen molar-refractivity contribution >= 4 is 11.7 Å². The number of aromatic nitrogens is 1. The maximum atomic E-state index is 11.8. The van der Waals surface area contributed by atoms with Gasteiger partial charge in [0.2, 0.25) is 5.91 Å². The summed E-state index contributed by atoms with van der Waals surface area (Å²) in [6.07, 6.45) is 2.71. The number of pyridine rings is 1. The molecule has 1 saturated heterocycles. The van der Waals surface area contributed by atoms with Crippen LogP contribution in [-0.4, -0.2) is 42.5 Å². The maximum Gasteiger partial charge on any atom is 0.231 e. The molecule has 17 heavy (non-hydrogen) atoms. The molecular formula is C12H16N3OY-. The fourth-order valence-corrected chi connectivity index (χ4v) is 1.75. The Morgan fingerprint density at radius 1 is 1.47 bits per heavy atom. The van der Waals surface area contributed by atoms with Crippen molar-refractivity contribution in [3.8, 4) is 0 Å². The van der Waals surface area contributed by atoms with E-state index >= 15 is 0 Å². The monoisotopic (exact) mass is 307 g/mol. The predicted octanol–water partition coefficient (Wildman–Crippen LogP) is 0.720. The number of likely N-dealkylation sites (N-methyl/N-ethyl adjacent to an activating group) is 1. The number of hydrogen-bond donors (Lipinski definition) is 0. The molecule has 0 spiro atoms. The first-order chi connectivity index (χ1) is 7.70. The number of nitrogens with zero attached hydrogens (tertiary/aromatic N) is 3. The van der Waals surface area contributed by atoms with Crippen molar-refractivity contribution < 1.29 is 37.5 Å². The first kappa shape index (κ1) is 14.7. The summed E-state index contributed by atoms with van der Waals surface area (Å²) in [7, 11) is 1.95. The van der Waals surface area contributed by atoms with Crippen LogP contribution in [0.25, 0.3) is 0 Å². The Morgan fingerprint density at radius 2 is 2.24 bits per heavy atom.